The summed E-state index contributed by atoms with van der Waals surface area (Å²) in [6.07, 6.45) is -4.57. The zero-order chi connectivity index (χ0) is 13.2. The molecule has 0 heterocycles. The van der Waals surface area contributed by atoms with Gasteiger partial charge in [0.15, 0.2) is 6.29 Å². The van der Waals surface area contributed by atoms with Crippen LogP contribution in [0.15, 0.2) is 12.1 Å². The number of methoxy groups -OCH3 is 1. The molecule has 0 unspecified atom stereocenters. The van der Waals surface area contributed by atoms with Gasteiger partial charge in [0.25, 0.3) is 5.24 Å². The number of hydrogen-bond donors (Lipinski definition) is 0. The molecule has 0 radical (unpaired) electrons. The molecule has 0 aliphatic carbocycles. The summed E-state index contributed by atoms with van der Waals surface area (Å²) >= 11 is 5.06. The molecule has 0 aromatic heterocycles. The highest BCUT2D eigenvalue weighted by molar-refractivity contribution is 6.68. The van der Waals surface area contributed by atoms with Gasteiger partial charge in [0.1, 0.15) is 5.75 Å². The summed E-state index contributed by atoms with van der Waals surface area (Å²) in [5, 5.41) is -1.27. The van der Waals surface area contributed by atoms with Gasteiger partial charge < -0.3 is 4.74 Å². The van der Waals surface area contributed by atoms with Crippen molar-refractivity contribution >= 4 is 23.1 Å². The summed E-state index contributed by atoms with van der Waals surface area (Å²) in [6, 6.07) is 1.32. The van der Waals surface area contributed by atoms with Crippen molar-refractivity contribution in [3.63, 3.8) is 0 Å². The molecule has 1 aromatic carbocycles. The van der Waals surface area contributed by atoms with Crippen molar-refractivity contribution in [2.45, 2.75) is 6.18 Å². The lowest BCUT2D eigenvalue weighted by Crippen LogP contribution is -2.12. The highest BCUT2D eigenvalue weighted by Gasteiger charge is 2.36. The number of carbonyl (C=O) groups excluding carboxylic acids is 2. The summed E-state index contributed by atoms with van der Waals surface area (Å²) in [5.74, 6) is -0.142. The minimum Gasteiger partial charge on any atom is -0.496 e. The van der Waals surface area contributed by atoms with E-state index >= 15 is 0 Å². The fourth-order valence-electron chi connectivity index (χ4n) is 1.26. The van der Waals surface area contributed by atoms with Gasteiger partial charge in [0.05, 0.1) is 18.2 Å². The first kappa shape index (κ1) is 13.5. The van der Waals surface area contributed by atoms with Crippen LogP contribution in [-0.2, 0) is 6.18 Å². The van der Waals surface area contributed by atoms with Gasteiger partial charge in [0.2, 0.25) is 0 Å². The highest BCUT2D eigenvalue weighted by atomic mass is 35.5. The van der Waals surface area contributed by atoms with E-state index in [-0.39, 0.29) is 17.6 Å². The number of carbonyl (C=O) groups is 2. The third-order valence-corrected chi connectivity index (χ3v) is 2.22. The Morgan fingerprint density at radius 2 is 2.00 bits per heavy atom. The third kappa shape index (κ3) is 2.76. The molecule has 92 valence electrons. The molecule has 0 spiro atoms. The minimum atomic E-state index is -4.77. The second-order valence-electron chi connectivity index (χ2n) is 3.03. The van der Waals surface area contributed by atoms with Crippen molar-refractivity contribution in [3.05, 3.63) is 28.8 Å². The van der Waals surface area contributed by atoms with E-state index in [1.807, 2.05) is 0 Å². The van der Waals surface area contributed by atoms with E-state index in [0.717, 1.165) is 13.2 Å². The van der Waals surface area contributed by atoms with Gasteiger partial charge in [0, 0.05) is 5.56 Å². The number of benzene rings is 1. The van der Waals surface area contributed by atoms with E-state index in [9.17, 15) is 22.8 Å². The van der Waals surface area contributed by atoms with E-state index in [2.05, 4.69) is 4.74 Å². The monoisotopic (exact) mass is 266 g/mol. The summed E-state index contributed by atoms with van der Waals surface area (Å²) < 4.78 is 42.5. The Bertz CT molecular complexity index is 469. The Kier molecular flexibility index (Phi) is 3.77. The second kappa shape index (κ2) is 4.75. The van der Waals surface area contributed by atoms with Crippen LogP contribution in [0.1, 0.15) is 26.3 Å². The molecule has 0 bridgehead atoms. The van der Waals surface area contributed by atoms with Gasteiger partial charge in [-0.25, -0.2) is 0 Å². The topological polar surface area (TPSA) is 43.4 Å². The molecule has 1 aromatic rings. The maximum absolute atomic E-state index is 12.6. The summed E-state index contributed by atoms with van der Waals surface area (Å²) in [7, 11) is 1.16. The molecule has 0 fully saturated rings. The lowest BCUT2D eigenvalue weighted by atomic mass is 10.0. The molecular weight excluding hydrogens is 261 g/mol. The smallest absolute Gasteiger partial charge is 0.417 e. The summed E-state index contributed by atoms with van der Waals surface area (Å²) in [4.78, 5) is 21.5. The number of aldehydes is 1. The van der Waals surface area contributed by atoms with Crippen LogP contribution in [0.3, 0.4) is 0 Å². The molecule has 17 heavy (non-hydrogen) atoms. The Hall–Kier alpha value is -1.56. The average Bonchev–Trinajstić information content (AvgIpc) is 2.25. The van der Waals surface area contributed by atoms with Crippen LogP contribution in [0.2, 0.25) is 0 Å². The molecule has 3 nitrogen and oxygen atoms in total. The van der Waals surface area contributed by atoms with Gasteiger partial charge in [-0.3, -0.25) is 9.59 Å². The largest absolute Gasteiger partial charge is 0.496 e. The lowest BCUT2D eigenvalue weighted by Gasteiger charge is -2.13. The quantitative estimate of drug-likeness (QED) is 0.624. The zero-order valence-corrected chi connectivity index (χ0v) is 9.22. The fraction of sp³-hybridized carbons (Fsp3) is 0.200. The highest BCUT2D eigenvalue weighted by Crippen LogP contribution is 2.36. The average molecular weight is 267 g/mol. The number of hydrogen-bond acceptors (Lipinski definition) is 3. The molecular formula is C10H6ClF3O3. The summed E-state index contributed by atoms with van der Waals surface area (Å²) in [5.41, 5.74) is -2.32. The molecule has 1 rings (SSSR count). The molecule has 0 saturated carbocycles. The Labute approximate surface area is 99.1 Å². The van der Waals surface area contributed by atoms with Crippen LogP contribution in [0, 0.1) is 0 Å². The van der Waals surface area contributed by atoms with E-state index in [1.165, 1.54) is 0 Å². The molecule has 0 N–H and O–H groups in total. The zero-order valence-electron chi connectivity index (χ0n) is 8.47. The molecule has 0 aliphatic heterocycles. The molecule has 7 heteroatoms. The third-order valence-electron chi connectivity index (χ3n) is 2.01. The van der Waals surface area contributed by atoms with E-state index in [4.69, 9.17) is 11.6 Å². The first-order valence-corrected chi connectivity index (χ1v) is 4.63. The van der Waals surface area contributed by atoms with E-state index in [1.54, 1.807) is 0 Å². The lowest BCUT2D eigenvalue weighted by molar-refractivity contribution is -0.137. The molecule has 0 atom stereocenters. The maximum Gasteiger partial charge on any atom is 0.417 e. The van der Waals surface area contributed by atoms with Crippen molar-refractivity contribution in [3.8, 4) is 5.75 Å². The van der Waals surface area contributed by atoms with Crippen LogP contribution in [0.5, 0.6) is 5.75 Å². The van der Waals surface area contributed by atoms with Gasteiger partial charge in [-0.15, -0.1) is 0 Å². The standard InChI is InChI=1S/C10H6ClF3O3/c1-17-8-3-6(9(11)16)7(10(12,13)14)2-5(8)4-15/h2-4H,1H3. The molecule has 0 aliphatic rings. The van der Waals surface area contributed by atoms with Crippen molar-refractivity contribution in [2.75, 3.05) is 7.11 Å². The predicted molar refractivity (Wildman–Crippen MR) is 53.6 cm³/mol. The normalized spacial score (nSPS) is 11.1. The fourth-order valence-corrected chi connectivity index (χ4v) is 1.42. The second-order valence-corrected chi connectivity index (χ2v) is 3.37. The van der Waals surface area contributed by atoms with Crippen molar-refractivity contribution in [2.24, 2.45) is 0 Å². The molecule has 0 amide bonds. The first-order valence-electron chi connectivity index (χ1n) is 4.25. The van der Waals surface area contributed by atoms with Crippen LogP contribution < -0.4 is 4.74 Å². The SMILES string of the molecule is COc1cc(C(=O)Cl)c(C(F)(F)F)cc1C=O. The van der Waals surface area contributed by atoms with Gasteiger partial charge in [-0.1, -0.05) is 0 Å². The molecule has 0 saturated heterocycles. The van der Waals surface area contributed by atoms with Crippen molar-refractivity contribution in [1.29, 1.82) is 0 Å². The minimum absolute atomic E-state index is 0.142. The summed E-state index contributed by atoms with van der Waals surface area (Å²) in [6.45, 7) is 0. The predicted octanol–water partition coefficient (Wildman–Crippen LogP) is 2.91. The maximum atomic E-state index is 12.6. The van der Waals surface area contributed by atoms with Crippen molar-refractivity contribution < 1.29 is 27.5 Å². The number of rotatable bonds is 3. The van der Waals surface area contributed by atoms with Crippen LogP contribution in [0.25, 0.3) is 0 Å². The Balaban J connectivity index is 3.57. The van der Waals surface area contributed by atoms with E-state index in [0.29, 0.717) is 6.07 Å². The van der Waals surface area contributed by atoms with Crippen LogP contribution in [-0.4, -0.2) is 18.6 Å². The van der Waals surface area contributed by atoms with Crippen LogP contribution in [0.4, 0.5) is 13.2 Å². The Morgan fingerprint density at radius 3 is 2.35 bits per heavy atom. The van der Waals surface area contributed by atoms with Gasteiger partial charge in [-0.2, -0.15) is 13.2 Å². The Morgan fingerprint density at radius 1 is 1.41 bits per heavy atom. The van der Waals surface area contributed by atoms with Gasteiger partial charge >= 0.3 is 6.18 Å². The first-order chi connectivity index (χ1) is 7.81. The van der Waals surface area contributed by atoms with E-state index < -0.39 is 22.5 Å². The van der Waals surface area contributed by atoms with Crippen LogP contribution >= 0.6 is 11.6 Å². The number of ether oxygens (including phenoxy) is 1. The van der Waals surface area contributed by atoms with Crippen molar-refractivity contribution in [1.82, 2.24) is 0 Å². The number of alkyl halides is 3. The van der Waals surface area contributed by atoms with Gasteiger partial charge in [-0.05, 0) is 23.7 Å². The number of halogens is 4.